The lowest BCUT2D eigenvalue weighted by molar-refractivity contribution is 0.0520. The molecule has 2 aromatic heterocycles. The summed E-state index contributed by atoms with van der Waals surface area (Å²) in [4.78, 5) is 16.4. The van der Waals surface area contributed by atoms with Gasteiger partial charge in [-0.3, -0.25) is 0 Å². The van der Waals surface area contributed by atoms with E-state index in [9.17, 15) is 4.79 Å². The van der Waals surface area contributed by atoms with E-state index in [0.717, 1.165) is 18.9 Å². The van der Waals surface area contributed by atoms with Crippen LogP contribution in [-0.4, -0.2) is 37.1 Å². The van der Waals surface area contributed by atoms with Crippen molar-refractivity contribution in [3.63, 3.8) is 0 Å². The number of hydrogen-bond acceptors (Lipinski definition) is 5. The van der Waals surface area contributed by atoms with E-state index in [2.05, 4.69) is 15.3 Å². The van der Waals surface area contributed by atoms with E-state index < -0.39 is 5.97 Å². The van der Waals surface area contributed by atoms with E-state index >= 15 is 0 Å². The smallest absolute Gasteiger partial charge is 0.361 e. The summed E-state index contributed by atoms with van der Waals surface area (Å²) >= 11 is 0. The van der Waals surface area contributed by atoms with Crippen LogP contribution in [0.5, 0.6) is 0 Å². The number of imidazole rings is 1. The highest BCUT2D eigenvalue weighted by Crippen LogP contribution is 2.33. The summed E-state index contributed by atoms with van der Waals surface area (Å²) in [6, 6.07) is 0. The number of aromatic nitrogens is 5. The predicted octanol–water partition coefficient (Wildman–Crippen LogP) is 1.66. The van der Waals surface area contributed by atoms with Gasteiger partial charge >= 0.3 is 5.97 Å². The van der Waals surface area contributed by atoms with Gasteiger partial charge in [0, 0.05) is 26.0 Å². The molecule has 1 aliphatic rings. The number of ether oxygens (including phenoxy) is 1. The molecule has 0 bridgehead atoms. The molecule has 0 aliphatic heterocycles. The fraction of sp³-hybridized carbons (Fsp3) is 0.571. The Hall–Kier alpha value is -2.18. The lowest BCUT2D eigenvalue weighted by atomic mass is 10.2. The minimum Gasteiger partial charge on any atom is -0.461 e. The maximum atomic E-state index is 12.1. The number of aryl methyl sites for hydroxylation is 2. The van der Waals surface area contributed by atoms with Gasteiger partial charge in [-0.2, -0.15) is 0 Å². The first-order valence-corrected chi connectivity index (χ1v) is 7.29. The van der Waals surface area contributed by atoms with Crippen LogP contribution in [0.1, 0.15) is 36.7 Å². The molecule has 7 heteroatoms. The van der Waals surface area contributed by atoms with Crippen molar-refractivity contribution in [3.05, 3.63) is 18.1 Å². The van der Waals surface area contributed by atoms with Crippen molar-refractivity contribution in [3.8, 4) is 11.5 Å². The van der Waals surface area contributed by atoms with Crippen molar-refractivity contribution in [2.45, 2.75) is 32.7 Å². The first-order chi connectivity index (χ1) is 10.2. The molecule has 7 nitrogen and oxygen atoms in total. The molecule has 0 unspecified atom stereocenters. The molecular formula is C14H19N5O2. The number of esters is 1. The summed E-state index contributed by atoms with van der Waals surface area (Å²) in [6.45, 7) is 2.84. The fourth-order valence-electron chi connectivity index (χ4n) is 2.33. The average Bonchev–Trinajstić information content (AvgIpc) is 3.05. The number of nitrogens with zero attached hydrogens (tertiary/aromatic N) is 5. The van der Waals surface area contributed by atoms with E-state index in [1.54, 1.807) is 17.8 Å². The molecule has 0 amide bonds. The van der Waals surface area contributed by atoms with Gasteiger partial charge in [0.2, 0.25) is 5.69 Å². The number of hydrogen-bond donors (Lipinski definition) is 0. The second kappa shape index (κ2) is 5.67. The molecule has 1 fully saturated rings. The summed E-state index contributed by atoms with van der Waals surface area (Å²) < 4.78 is 8.69. The predicted molar refractivity (Wildman–Crippen MR) is 75.5 cm³/mol. The molecule has 3 rings (SSSR count). The SMILES string of the molecule is CCOC(=O)c1nnn(CCC2CC2)c1-c1nccn1C. The molecule has 1 saturated carbocycles. The van der Waals surface area contributed by atoms with Crippen LogP contribution in [0.3, 0.4) is 0 Å². The van der Waals surface area contributed by atoms with Crippen molar-refractivity contribution in [2.75, 3.05) is 6.61 Å². The van der Waals surface area contributed by atoms with E-state index in [4.69, 9.17) is 4.74 Å². The van der Waals surface area contributed by atoms with Gasteiger partial charge in [0.25, 0.3) is 0 Å². The quantitative estimate of drug-likeness (QED) is 0.756. The highest BCUT2D eigenvalue weighted by atomic mass is 16.5. The van der Waals surface area contributed by atoms with Crippen molar-refractivity contribution >= 4 is 5.97 Å². The summed E-state index contributed by atoms with van der Waals surface area (Å²) in [5, 5.41) is 8.14. The van der Waals surface area contributed by atoms with Crippen molar-refractivity contribution in [1.29, 1.82) is 0 Å². The van der Waals surface area contributed by atoms with E-state index in [1.807, 2.05) is 17.8 Å². The fourth-order valence-corrected chi connectivity index (χ4v) is 2.33. The van der Waals surface area contributed by atoms with Gasteiger partial charge in [-0.15, -0.1) is 5.10 Å². The van der Waals surface area contributed by atoms with Crippen LogP contribution in [0.15, 0.2) is 12.4 Å². The molecule has 0 spiro atoms. The van der Waals surface area contributed by atoms with Crippen LogP contribution in [0.4, 0.5) is 0 Å². The van der Waals surface area contributed by atoms with Crippen molar-refractivity contribution in [1.82, 2.24) is 24.5 Å². The first-order valence-electron chi connectivity index (χ1n) is 7.29. The van der Waals surface area contributed by atoms with E-state index in [0.29, 0.717) is 18.1 Å². The molecule has 0 atom stereocenters. The minimum absolute atomic E-state index is 0.238. The number of rotatable bonds is 6. The third-order valence-corrected chi connectivity index (χ3v) is 3.68. The molecule has 0 radical (unpaired) electrons. The summed E-state index contributed by atoms with van der Waals surface area (Å²) in [7, 11) is 1.88. The van der Waals surface area contributed by atoms with E-state index in [-0.39, 0.29) is 5.69 Å². The van der Waals surface area contributed by atoms with Crippen LogP contribution in [0.2, 0.25) is 0 Å². The zero-order valence-corrected chi connectivity index (χ0v) is 12.3. The molecule has 112 valence electrons. The van der Waals surface area contributed by atoms with Gasteiger partial charge in [-0.05, 0) is 19.3 Å². The zero-order chi connectivity index (χ0) is 14.8. The van der Waals surface area contributed by atoms with Crippen molar-refractivity contribution < 1.29 is 9.53 Å². The largest absolute Gasteiger partial charge is 0.461 e. The van der Waals surface area contributed by atoms with Gasteiger partial charge < -0.3 is 9.30 Å². The Bertz CT molecular complexity index is 642. The topological polar surface area (TPSA) is 74.8 Å². The second-order valence-electron chi connectivity index (χ2n) is 5.32. The van der Waals surface area contributed by atoms with Gasteiger partial charge in [-0.1, -0.05) is 18.1 Å². The molecule has 0 saturated heterocycles. The van der Waals surface area contributed by atoms with Crippen molar-refractivity contribution in [2.24, 2.45) is 13.0 Å². The lowest BCUT2D eigenvalue weighted by Gasteiger charge is -2.07. The molecule has 2 heterocycles. The molecule has 2 aromatic rings. The normalized spacial score (nSPS) is 14.4. The Kier molecular flexibility index (Phi) is 3.72. The average molecular weight is 289 g/mol. The maximum Gasteiger partial charge on any atom is 0.361 e. The standard InChI is InChI=1S/C14H19N5O2/c1-3-21-14(20)11-12(13-15-7-9-18(13)2)19(17-16-11)8-6-10-4-5-10/h7,9-10H,3-6,8H2,1-2H3. The molecular weight excluding hydrogens is 270 g/mol. The van der Waals surface area contributed by atoms with Crippen LogP contribution in [-0.2, 0) is 18.3 Å². The van der Waals surface area contributed by atoms with E-state index in [1.165, 1.54) is 12.8 Å². The third-order valence-electron chi connectivity index (χ3n) is 3.68. The Morgan fingerprint density at radius 3 is 2.90 bits per heavy atom. The Balaban J connectivity index is 1.96. The van der Waals surface area contributed by atoms with Gasteiger partial charge in [0.15, 0.2) is 5.82 Å². The number of carbonyl (C=O) groups is 1. The monoisotopic (exact) mass is 289 g/mol. The van der Waals surface area contributed by atoms with Gasteiger partial charge in [-0.25, -0.2) is 14.5 Å². The Morgan fingerprint density at radius 2 is 2.29 bits per heavy atom. The van der Waals surface area contributed by atoms with Crippen LogP contribution < -0.4 is 0 Å². The van der Waals surface area contributed by atoms with Crippen LogP contribution in [0.25, 0.3) is 11.5 Å². The Morgan fingerprint density at radius 1 is 1.48 bits per heavy atom. The second-order valence-corrected chi connectivity index (χ2v) is 5.32. The highest BCUT2D eigenvalue weighted by Gasteiger charge is 2.27. The molecule has 0 aromatic carbocycles. The highest BCUT2D eigenvalue weighted by molar-refractivity contribution is 5.93. The van der Waals surface area contributed by atoms with Crippen LogP contribution in [0, 0.1) is 5.92 Å². The first kappa shape index (κ1) is 13.8. The number of carbonyl (C=O) groups excluding carboxylic acids is 1. The van der Waals surface area contributed by atoms with Gasteiger partial charge in [0.05, 0.1) is 6.61 Å². The third kappa shape index (κ3) is 2.81. The van der Waals surface area contributed by atoms with Crippen LogP contribution >= 0.6 is 0 Å². The summed E-state index contributed by atoms with van der Waals surface area (Å²) in [5.41, 5.74) is 0.878. The molecule has 21 heavy (non-hydrogen) atoms. The molecule has 0 N–H and O–H groups in total. The molecule has 1 aliphatic carbocycles. The van der Waals surface area contributed by atoms with Gasteiger partial charge in [0.1, 0.15) is 5.69 Å². The minimum atomic E-state index is -0.451. The lowest BCUT2D eigenvalue weighted by Crippen LogP contribution is -2.11. The maximum absolute atomic E-state index is 12.1. The Labute approximate surface area is 122 Å². The summed E-state index contributed by atoms with van der Waals surface area (Å²) in [6.07, 6.45) is 7.17. The zero-order valence-electron chi connectivity index (χ0n) is 12.3. The summed E-state index contributed by atoms with van der Waals surface area (Å²) in [5.74, 6) is 1.02.